The molecule has 0 aliphatic carbocycles. The fourth-order valence-corrected chi connectivity index (χ4v) is 4.35. The maximum atomic E-state index is 12.1. The number of aromatic amines is 1. The molecular weight excluding hydrogens is 378 g/mol. The van der Waals surface area contributed by atoms with Crippen molar-refractivity contribution in [3.63, 3.8) is 0 Å². The predicted molar refractivity (Wildman–Crippen MR) is 117 cm³/mol. The highest BCUT2D eigenvalue weighted by Gasteiger charge is 2.22. The molecule has 1 fully saturated rings. The lowest BCUT2D eigenvalue weighted by Gasteiger charge is -2.36. The van der Waals surface area contributed by atoms with Gasteiger partial charge >= 0.3 is 0 Å². The van der Waals surface area contributed by atoms with Gasteiger partial charge in [-0.25, -0.2) is 0 Å². The minimum atomic E-state index is -0.0242. The van der Waals surface area contributed by atoms with E-state index in [0.717, 1.165) is 66.0 Å². The summed E-state index contributed by atoms with van der Waals surface area (Å²) in [5.74, 6) is 0.0256. The molecule has 1 aromatic carbocycles. The number of fused-ring (bicyclic) bond motifs is 2. The van der Waals surface area contributed by atoms with E-state index in [1.807, 2.05) is 37.4 Å². The predicted octanol–water partition coefficient (Wildman–Crippen LogP) is 2.05. The van der Waals surface area contributed by atoms with Crippen LogP contribution in [0.3, 0.4) is 0 Å². The number of aromatic nitrogens is 2. The van der Waals surface area contributed by atoms with Gasteiger partial charge in [-0.15, -0.1) is 0 Å². The number of anilines is 1. The Hall–Kier alpha value is -3.19. The van der Waals surface area contributed by atoms with E-state index in [9.17, 15) is 9.59 Å². The number of rotatable bonds is 4. The molecule has 0 unspecified atom stereocenters. The second-order valence-electron chi connectivity index (χ2n) is 8.04. The standard InChI is InChI=1S/C23H25N5O2/c1-2-16-11-20-21(26-22(16)29)9-15(12-24-20)14-27-5-7-28(8-6-27)18-3-4-19-17(10-18)13-25-23(19)30/h3-4,9-12H,2,5-8,13-14H2,1H3,(H,25,30)(H,26,29). The van der Waals surface area contributed by atoms with E-state index < -0.39 is 0 Å². The molecule has 5 rings (SSSR count). The van der Waals surface area contributed by atoms with Gasteiger partial charge < -0.3 is 15.2 Å². The lowest BCUT2D eigenvalue weighted by Crippen LogP contribution is -2.46. The third-order valence-corrected chi connectivity index (χ3v) is 6.12. The molecule has 0 bridgehead atoms. The Morgan fingerprint density at radius 1 is 1.07 bits per heavy atom. The van der Waals surface area contributed by atoms with Crippen LogP contribution in [0.15, 0.2) is 41.3 Å². The molecule has 30 heavy (non-hydrogen) atoms. The molecule has 0 atom stereocenters. The van der Waals surface area contributed by atoms with Gasteiger partial charge in [0, 0.05) is 62.3 Å². The van der Waals surface area contributed by atoms with Crippen LogP contribution in [-0.4, -0.2) is 47.0 Å². The van der Waals surface area contributed by atoms with Crippen molar-refractivity contribution in [2.45, 2.75) is 26.4 Å². The monoisotopic (exact) mass is 403 g/mol. The van der Waals surface area contributed by atoms with Gasteiger partial charge in [-0.2, -0.15) is 0 Å². The Morgan fingerprint density at radius 3 is 2.70 bits per heavy atom. The molecule has 1 amide bonds. The number of nitrogens with one attached hydrogen (secondary N) is 2. The lowest BCUT2D eigenvalue weighted by atomic mass is 10.1. The normalized spacial score (nSPS) is 16.7. The van der Waals surface area contributed by atoms with Gasteiger partial charge in [-0.3, -0.25) is 19.5 Å². The molecular formula is C23H25N5O2. The average molecular weight is 403 g/mol. The fraction of sp³-hybridized carbons (Fsp3) is 0.348. The van der Waals surface area contributed by atoms with Gasteiger partial charge in [0.05, 0.1) is 11.0 Å². The van der Waals surface area contributed by atoms with E-state index in [2.05, 4.69) is 31.2 Å². The largest absolute Gasteiger partial charge is 0.369 e. The summed E-state index contributed by atoms with van der Waals surface area (Å²) in [7, 11) is 0. The van der Waals surface area contributed by atoms with Crippen LogP contribution in [0, 0.1) is 0 Å². The molecule has 7 nitrogen and oxygen atoms in total. The number of carbonyl (C=O) groups excluding carboxylic acids is 1. The zero-order valence-electron chi connectivity index (χ0n) is 17.1. The van der Waals surface area contributed by atoms with E-state index in [0.29, 0.717) is 13.0 Å². The van der Waals surface area contributed by atoms with Gasteiger partial charge in [0.2, 0.25) is 0 Å². The van der Waals surface area contributed by atoms with Crippen LogP contribution in [0.25, 0.3) is 11.0 Å². The van der Waals surface area contributed by atoms with Gasteiger partial charge in [0.25, 0.3) is 11.5 Å². The first-order valence-corrected chi connectivity index (χ1v) is 10.5. The third kappa shape index (κ3) is 3.45. The number of carbonyl (C=O) groups is 1. The summed E-state index contributed by atoms with van der Waals surface area (Å²) >= 11 is 0. The molecule has 3 aromatic rings. The Bertz CT molecular complexity index is 1180. The molecule has 2 N–H and O–H groups in total. The second kappa shape index (κ2) is 7.57. The molecule has 1 saturated heterocycles. The Kier molecular flexibility index (Phi) is 4.75. The number of nitrogens with zero attached hydrogens (tertiary/aromatic N) is 3. The van der Waals surface area contributed by atoms with Crippen LogP contribution in [0.4, 0.5) is 5.69 Å². The van der Waals surface area contributed by atoms with Crippen molar-refractivity contribution in [1.82, 2.24) is 20.2 Å². The van der Waals surface area contributed by atoms with Crippen LogP contribution < -0.4 is 15.8 Å². The summed E-state index contributed by atoms with van der Waals surface area (Å²) in [6.45, 7) is 7.21. The van der Waals surface area contributed by atoms with Crippen molar-refractivity contribution in [1.29, 1.82) is 0 Å². The minimum Gasteiger partial charge on any atom is -0.369 e. The van der Waals surface area contributed by atoms with Gasteiger partial charge in [0.15, 0.2) is 0 Å². The number of pyridine rings is 2. The molecule has 2 aliphatic rings. The SMILES string of the molecule is CCc1cc2ncc(CN3CCN(c4ccc5c(c4)CNC5=O)CC3)cc2[nH]c1=O. The second-order valence-corrected chi connectivity index (χ2v) is 8.04. The maximum absolute atomic E-state index is 12.1. The summed E-state index contributed by atoms with van der Waals surface area (Å²) in [4.78, 5) is 36.2. The van der Waals surface area contributed by atoms with Crippen molar-refractivity contribution in [3.05, 3.63) is 69.1 Å². The highest BCUT2D eigenvalue weighted by molar-refractivity contribution is 5.98. The van der Waals surface area contributed by atoms with Gasteiger partial charge in [-0.1, -0.05) is 6.92 Å². The first-order valence-electron chi connectivity index (χ1n) is 10.5. The summed E-state index contributed by atoms with van der Waals surface area (Å²) in [6.07, 6.45) is 2.62. The van der Waals surface area contributed by atoms with E-state index in [4.69, 9.17) is 0 Å². The van der Waals surface area contributed by atoms with E-state index >= 15 is 0 Å². The summed E-state index contributed by atoms with van der Waals surface area (Å²) < 4.78 is 0. The van der Waals surface area contributed by atoms with Crippen molar-refractivity contribution >= 4 is 22.6 Å². The van der Waals surface area contributed by atoms with Crippen LogP contribution >= 0.6 is 0 Å². The topological polar surface area (TPSA) is 81.3 Å². The number of hydrogen-bond donors (Lipinski definition) is 2. The van der Waals surface area contributed by atoms with E-state index in [1.165, 1.54) is 5.69 Å². The quantitative estimate of drug-likeness (QED) is 0.697. The molecule has 0 spiro atoms. The van der Waals surface area contributed by atoms with Gasteiger partial charge in [0.1, 0.15) is 0 Å². The summed E-state index contributed by atoms with van der Waals surface area (Å²) in [5, 5.41) is 2.88. The van der Waals surface area contributed by atoms with Crippen molar-refractivity contribution in [2.24, 2.45) is 0 Å². The molecule has 7 heteroatoms. The highest BCUT2D eigenvalue weighted by Crippen LogP contribution is 2.24. The Morgan fingerprint density at radius 2 is 1.90 bits per heavy atom. The number of benzene rings is 1. The van der Waals surface area contributed by atoms with Crippen LogP contribution in [0.2, 0.25) is 0 Å². The first kappa shape index (κ1) is 18.8. The zero-order chi connectivity index (χ0) is 20.7. The van der Waals surface area contributed by atoms with Crippen molar-refractivity contribution < 1.29 is 4.79 Å². The maximum Gasteiger partial charge on any atom is 0.251 e. The smallest absolute Gasteiger partial charge is 0.251 e. The number of H-pyrrole nitrogens is 1. The number of aryl methyl sites for hydroxylation is 1. The lowest BCUT2D eigenvalue weighted by molar-refractivity contribution is 0.0966. The van der Waals surface area contributed by atoms with Crippen molar-refractivity contribution in [2.75, 3.05) is 31.1 Å². The minimum absolute atomic E-state index is 0.0242. The number of piperazine rings is 1. The summed E-state index contributed by atoms with van der Waals surface area (Å²) in [5.41, 5.74) is 6.56. The van der Waals surface area contributed by atoms with Crippen molar-refractivity contribution in [3.8, 4) is 0 Å². The van der Waals surface area contributed by atoms with Crippen LogP contribution in [-0.2, 0) is 19.5 Å². The molecule has 4 heterocycles. The van der Waals surface area contributed by atoms with Crippen LogP contribution in [0.1, 0.15) is 34.0 Å². The number of hydrogen-bond acceptors (Lipinski definition) is 5. The Labute approximate surface area is 174 Å². The zero-order valence-corrected chi connectivity index (χ0v) is 17.1. The third-order valence-electron chi connectivity index (χ3n) is 6.12. The van der Waals surface area contributed by atoms with Crippen LogP contribution in [0.5, 0.6) is 0 Å². The molecule has 2 aliphatic heterocycles. The Balaban J connectivity index is 1.25. The molecule has 0 radical (unpaired) electrons. The average Bonchev–Trinajstić information content (AvgIpc) is 3.14. The van der Waals surface area contributed by atoms with E-state index in [-0.39, 0.29) is 11.5 Å². The van der Waals surface area contributed by atoms with E-state index in [1.54, 1.807) is 0 Å². The fourth-order valence-electron chi connectivity index (χ4n) is 4.35. The molecule has 2 aromatic heterocycles. The highest BCUT2D eigenvalue weighted by atomic mass is 16.2. The first-order chi connectivity index (χ1) is 14.6. The molecule has 0 saturated carbocycles. The summed E-state index contributed by atoms with van der Waals surface area (Å²) in [6, 6.07) is 10.0. The number of amides is 1. The molecule has 154 valence electrons. The van der Waals surface area contributed by atoms with Gasteiger partial charge in [-0.05, 0) is 47.9 Å².